The molecule has 2 aliphatic rings. The summed E-state index contributed by atoms with van der Waals surface area (Å²) in [4.78, 5) is 23.6. The molecule has 0 aliphatic carbocycles. The first-order chi connectivity index (χ1) is 12.2. The van der Waals surface area contributed by atoms with E-state index in [-0.39, 0.29) is 11.9 Å². The average molecular weight is 341 g/mol. The van der Waals surface area contributed by atoms with Crippen molar-refractivity contribution in [1.29, 1.82) is 0 Å². The van der Waals surface area contributed by atoms with Gasteiger partial charge in [0.2, 0.25) is 0 Å². The van der Waals surface area contributed by atoms with Crippen LogP contribution in [0.3, 0.4) is 0 Å². The summed E-state index contributed by atoms with van der Waals surface area (Å²) in [5, 5.41) is 3.12. The Hall–Kier alpha value is -2.41. The Morgan fingerprint density at radius 2 is 2.20 bits per heavy atom. The summed E-state index contributed by atoms with van der Waals surface area (Å²) in [6.45, 7) is 5.90. The van der Waals surface area contributed by atoms with E-state index in [9.17, 15) is 4.79 Å². The van der Waals surface area contributed by atoms with Crippen LogP contribution in [0.2, 0.25) is 0 Å². The molecule has 0 spiro atoms. The number of aryl methyl sites for hydroxylation is 2. The van der Waals surface area contributed by atoms with Gasteiger partial charge in [-0.25, -0.2) is 4.98 Å². The van der Waals surface area contributed by atoms with Crippen molar-refractivity contribution in [3.8, 4) is 0 Å². The van der Waals surface area contributed by atoms with Gasteiger partial charge in [0.15, 0.2) is 0 Å². The molecule has 4 heterocycles. The number of anilines is 1. The first kappa shape index (κ1) is 16.1. The maximum Gasteiger partial charge on any atom is 0.270 e. The Kier molecular flexibility index (Phi) is 4.40. The van der Waals surface area contributed by atoms with Gasteiger partial charge in [0, 0.05) is 50.2 Å². The van der Waals surface area contributed by atoms with Crippen molar-refractivity contribution in [2.24, 2.45) is 0 Å². The number of imidazole rings is 1. The highest BCUT2D eigenvalue weighted by molar-refractivity contribution is 5.93. The number of hydrogen-bond acceptors (Lipinski definition) is 5. The van der Waals surface area contributed by atoms with E-state index >= 15 is 0 Å². The Labute approximate surface area is 147 Å². The van der Waals surface area contributed by atoms with Gasteiger partial charge in [-0.1, -0.05) is 0 Å². The van der Waals surface area contributed by atoms with E-state index < -0.39 is 0 Å². The molecule has 0 bridgehead atoms. The van der Waals surface area contributed by atoms with E-state index in [0.717, 1.165) is 62.9 Å². The van der Waals surface area contributed by atoms with E-state index in [1.54, 1.807) is 6.20 Å². The smallest absolute Gasteiger partial charge is 0.270 e. The topological polar surface area (TPSA) is 72.3 Å². The minimum Gasteiger partial charge on any atom is -0.378 e. The molecule has 25 heavy (non-hydrogen) atoms. The van der Waals surface area contributed by atoms with E-state index in [1.807, 2.05) is 25.3 Å². The van der Waals surface area contributed by atoms with Crippen LogP contribution in [0.1, 0.15) is 28.4 Å². The van der Waals surface area contributed by atoms with Crippen LogP contribution < -0.4 is 10.2 Å². The van der Waals surface area contributed by atoms with Crippen molar-refractivity contribution in [2.75, 3.05) is 31.2 Å². The highest BCUT2D eigenvalue weighted by Gasteiger charge is 2.22. The molecule has 7 heteroatoms. The monoisotopic (exact) mass is 341 g/mol. The maximum absolute atomic E-state index is 12.6. The van der Waals surface area contributed by atoms with Crippen molar-refractivity contribution >= 4 is 11.6 Å². The molecule has 1 atom stereocenters. The van der Waals surface area contributed by atoms with E-state index in [2.05, 4.69) is 24.8 Å². The third kappa shape index (κ3) is 3.51. The number of carbonyl (C=O) groups excluding carboxylic acids is 1. The van der Waals surface area contributed by atoms with Gasteiger partial charge in [-0.15, -0.1) is 0 Å². The summed E-state index contributed by atoms with van der Waals surface area (Å²) in [5.74, 6) is 0.996. The first-order valence-corrected chi connectivity index (χ1v) is 8.81. The van der Waals surface area contributed by atoms with Crippen LogP contribution in [0, 0.1) is 6.92 Å². The summed E-state index contributed by atoms with van der Waals surface area (Å²) in [6, 6.07) is 3.93. The van der Waals surface area contributed by atoms with E-state index in [4.69, 9.17) is 4.74 Å². The number of fused-ring (bicyclic) bond motifs is 1. The summed E-state index contributed by atoms with van der Waals surface area (Å²) in [5.41, 5.74) is 2.53. The number of ether oxygens (including phenoxy) is 1. The summed E-state index contributed by atoms with van der Waals surface area (Å²) < 4.78 is 7.53. The zero-order valence-corrected chi connectivity index (χ0v) is 14.4. The summed E-state index contributed by atoms with van der Waals surface area (Å²) in [7, 11) is 0. The number of amides is 1. The number of nitrogens with one attached hydrogen (secondary N) is 1. The van der Waals surface area contributed by atoms with Crippen LogP contribution in [-0.4, -0.2) is 52.8 Å². The van der Waals surface area contributed by atoms with Crippen molar-refractivity contribution in [2.45, 2.75) is 32.4 Å². The predicted molar refractivity (Wildman–Crippen MR) is 93.8 cm³/mol. The highest BCUT2D eigenvalue weighted by atomic mass is 16.5. The fraction of sp³-hybridized carbons (Fsp3) is 0.500. The van der Waals surface area contributed by atoms with Gasteiger partial charge in [0.1, 0.15) is 11.5 Å². The molecule has 132 valence electrons. The molecule has 0 aromatic carbocycles. The molecule has 0 radical (unpaired) electrons. The first-order valence-electron chi connectivity index (χ1n) is 8.81. The van der Waals surface area contributed by atoms with Gasteiger partial charge in [-0.2, -0.15) is 0 Å². The van der Waals surface area contributed by atoms with Crippen molar-refractivity contribution in [3.63, 3.8) is 0 Å². The lowest BCUT2D eigenvalue weighted by molar-refractivity contribution is 0.0922. The third-order valence-electron chi connectivity index (χ3n) is 4.80. The molecule has 4 rings (SSSR count). The lowest BCUT2D eigenvalue weighted by atomic mass is 10.1. The number of hydrogen-bond donors (Lipinski definition) is 1. The van der Waals surface area contributed by atoms with E-state index in [0.29, 0.717) is 5.69 Å². The summed E-state index contributed by atoms with van der Waals surface area (Å²) >= 11 is 0. The minimum atomic E-state index is -0.111. The van der Waals surface area contributed by atoms with Crippen molar-refractivity contribution < 1.29 is 9.53 Å². The third-order valence-corrected chi connectivity index (χ3v) is 4.80. The van der Waals surface area contributed by atoms with Crippen LogP contribution in [0.25, 0.3) is 0 Å². The fourth-order valence-corrected chi connectivity index (χ4v) is 3.53. The molecule has 7 nitrogen and oxygen atoms in total. The molecular formula is C18H23N5O2. The Bertz CT molecular complexity index is 767. The molecule has 1 saturated heterocycles. The SMILES string of the molecule is Cc1cn2c(n1)CC[C@@H](NC(=O)c1cc(N3CCOCC3)ccn1)C2. The second-order valence-electron chi connectivity index (χ2n) is 6.66. The lowest BCUT2D eigenvalue weighted by Crippen LogP contribution is -2.41. The molecule has 0 unspecified atom stereocenters. The van der Waals surface area contributed by atoms with Gasteiger partial charge in [0.05, 0.1) is 18.9 Å². The van der Waals surface area contributed by atoms with Gasteiger partial charge in [-0.3, -0.25) is 9.78 Å². The van der Waals surface area contributed by atoms with Gasteiger partial charge in [0.25, 0.3) is 5.91 Å². The predicted octanol–water partition coefficient (Wildman–Crippen LogP) is 1.17. The zero-order valence-electron chi connectivity index (χ0n) is 14.4. The minimum absolute atomic E-state index is 0.111. The van der Waals surface area contributed by atoms with Crippen LogP contribution in [0.15, 0.2) is 24.5 Å². The van der Waals surface area contributed by atoms with Gasteiger partial charge < -0.3 is 19.5 Å². The maximum atomic E-state index is 12.6. The standard InChI is InChI=1S/C18H23N5O2/c1-13-11-23-12-14(2-3-17(23)20-13)21-18(24)16-10-15(4-5-19-16)22-6-8-25-9-7-22/h4-5,10-11,14H,2-3,6-9,12H2,1H3,(H,21,24)/t14-/m1/s1. The normalized spacial score (nSPS) is 20.2. The molecule has 1 N–H and O–H groups in total. The van der Waals surface area contributed by atoms with Crippen LogP contribution in [0.4, 0.5) is 5.69 Å². The van der Waals surface area contributed by atoms with E-state index in [1.165, 1.54) is 0 Å². The molecule has 2 aromatic rings. The Morgan fingerprint density at radius 1 is 1.36 bits per heavy atom. The zero-order chi connectivity index (χ0) is 17.2. The molecule has 0 saturated carbocycles. The quantitative estimate of drug-likeness (QED) is 0.907. The number of nitrogens with zero attached hydrogens (tertiary/aromatic N) is 4. The Morgan fingerprint density at radius 3 is 3.04 bits per heavy atom. The molecule has 1 fully saturated rings. The Balaban J connectivity index is 1.43. The second kappa shape index (κ2) is 6.84. The highest BCUT2D eigenvalue weighted by Crippen LogP contribution is 2.18. The van der Waals surface area contributed by atoms with Crippen LogP contribution in [-0.2, 0) is 17.7 Å². The number of rotatable bonds is 3. The molecule has 2 aromatic heterocycles. The number of morpholine rings is 1. The van der Waals surface area contributed by atoms with Gasteiger partial charge in [-0.05, 0) is 25.5 Å². The molecule has 1 amide bonds. The van der Waals surface area contributed by atoms with Crippen LogP contribution >= 0.6 is 0 Å². The van der Waals surface area contributed by atoms with Gasteiger partial charge >= 0.3 is 0 Å². The lowest BCUT2D eigenvalue weighted by Gasteiger charge is -2.29. The van der Waals surface area contributed by atoms with Crippen LogP contribution in [0.5, 0.6) is 0 Å². The number of pyridine rings is 1. The molecule has 2 aliphatic heterocycles. The second-order valence-corrected chi connectivity index (χ2v) is 6.66. The summed E-state index contributed by atoms with van der Waals surface area (Å²) in [6.07, 6.45) is 5.55. The van der Waals surface area contributed by atoms with Crippen molar-refractivity contribution in [3.05, 3.63) is 41.7 Å². The fourth-order valence-electron chi connectivity index (χ4n) is 3.53. The number of aromatic nitrogens is 3. The van der Waals surface area contributed by atoms with Crippen molar-refractivity contribution in [1.82, 2.24) is 19.9 Å². The number of carbonyl (C=O) groups is 1. The molecular weight excluding hydrogens is 318 g/mol. The largest absolute Gasteiger partial charge is 0.378 e. The average Bonchev–Trinajstić information content (AvgIpc) is 3.02.